The van der Waals surface area contributed by atoms with Crippen LogP contribution >= 0.6 is 0 Å². The standard InChI is InChI=1S/C20H28N4O2/c1-13-19(14(2)24(4)22-13)20-17(11-18(26)23(20)3)21-12-16(25)10-15-8-6-5-7-9-15/h5-9,16-17,20-21,25H,10-12H2,1-4H3/t16-,17-,20-/m1/s1. The molecule has 0 aliphatic carbocycles. The summed E-state index contributed by atoms with van der Waals surface area (Å²) in [6, 6.07) is 9.87. The molecular weight excluding hydrogens is 328 g/mol. The van der Waals surface area contributed by atoms with Gasteiger partial charge in [0.25, 0.3) is 0 Å². The van der Waals surface area contributed by atoms with Gasteiger partial charge >= 0.3 is 0 Å². The van der Waals surface area contributed by atoms with Gasteiger partial charge in [0.1, 0.15) is 0 Å². The Morgan fingerprint density at radius 2 is 1.96 bits per heavy atom. The molecular formula is C20H28N4O2. The molecule has 140 valence electrons. The van der Waals surface area contributed by atoms with E-state index in [1.165, 1.54) is 0 Å². The van der Waals surface area contributed by atoms with Gasteiger partial charge in [-0.1, -0.05) is 30.3 Å². The van der Waals surface area contributed by atoms with E-state index in [-0.39, 0.29) is 18.0 Å². The third-order valence-corrected chi connectivity index (χ3v) is 5.38. The Hall–Kier alpha value is -2.18. The number of nitrogens with one attached hydrogen (secondary N) is 1. The second kappa shape index (κ2) is 7.60. The minimum atomic E-state index is -0.491. The van der Waals surface area contributed by atoms with Crippen LogP contribution in [0.5, 0.6) is 0 Å². The van der Waals surface area contributed by atoms with Crippen LogP contribution in [-0.4, -0.2) is 51.4 Å². The van der Waals surface area contributed by atoms with Crippen LogP contribution in [0.1, 0.15) is 35.0 Å². The van der Waals surface area contributed by atoms with Crippen molar-refractivity contribution in [1.29, 1.82) is 0 Å². The highest BCUT2D eigenvalue weighted by Gasteiger charge is 2.40. The highest BCUT2D eigenvalue weighted by atomic mass is 16.3. The number of aromatic nitrogens is 2. The maximum Gasteiger partial charge on any atom is 0.224 e. The third-order valence-electron chi connectivity index (χ3n) is 5.38. The molecule has 0 radical (unpaired) electrons. The normalized spacial score (nSPS) is 21.4. The van der Waals surface area contributed by atoms with E-state index in [0.29, 0.717) is 19.4 Å². The number of amides is 1. The van der Waals surface area contributed by atoms with Gasteiger partial charge in [0.15, 0.2) is 0 Å². The summed E-state index contributed by atoms with van der Waals surface area (Å²) >= 11 is 0. The van der Waals surface area contributed by atoms with Gasteiger partial charge in [-0.3, -0.25) is 9.48 Å². The summed E-state index contributed by atoms with van der Waals surface area (Å²) in [6.07, 6.45) is 0.544. The van der Waals surface area contributed by atoms with Gasteiger partial charge < -0.3 is 15.3 Å². The van der Waals surface area contributed by atoms with E-state index in [9.17, 15) is 9.90 Å². The van der Waals surface area contributed by atoms with E-state index >= 15 is 0 Å². The number of aliphatic hydroxyl groups is 1. The van der Waals surface area contributed by atoms with Crippen LogP contribution in [0.2, 0.25) is 0 Å². The van der Waals surface area contributed by atoms with Gasteiger partial charge in [-0.05, 0) is 25.8 Å². The predicted octanol–water partition coefficient (Wildman–Crippen LogP) is 1.50. The van der Waals surface area contributed by atoms with Crippen LogP contribution in [-0.2, 0) is 18.3 Å². The van der Waals surface area contributed by atoms with Crippen molar-refractivity contribution in [3.05, 3.63) is 52.8 Å². The molecule has 3 rings (SSSR count). The summed E-state index contributed by atoms with van der Waals surface area (Å²) in [5.41, 5.74) is 4.24. The van der Waals surface area contributed by atoms with E-state index in [4.69, 9.17) is 0 Å². The van der Waals surface area contributed by atoms with Crippen LogP contribution in [0, 0.1) is 13.8 Å². The first-order valence-electron chi connectivity index (χ1n) is 9.09. The number of likely N-dealkylation sites (tertiary alicyclic amines) is 1. The zero-order chi connectivity index (χ0) is 18.8. The van der Waals surface area contributed by atoms with Crippen molar-refractivity contribution in [2.45, 2.75) is 44.9 Å². The van der Waals surface area contributed by atoms with Crippen LogP contribution in [0.25, 0.3) is 0 Å². The molecule has 1 aromatic carbocycles. The lowest BCUT2D eigenvalue weighted by molar-refractivity contribution is -0.127. The maximum absolute atomic E-state index is 12.3. The Bertz CT molecular complexity index is 772. The molecule has 26 heavy (non-hydrogen) atoms. The number of carbonyl (C=O) groups excluding carboxylic acids is 1. The molecule has 0 unspecified atom stereocenters. The highest BCUT2D eigenvalue weighted by Crippen LogP contribution is 2.35. The minimum absolute atomic E-state index is 0.0282. The summed E-state index contributed by atoms with van der Waals surface area (Å²) < 4.78 is 1.86. The number of benzene rings is 1. The summed E-state index contributed by atoms with van der Waals surface area (Å²) in [5.74, 6) is 0.118. The number of aliphatic hydroxyl groups excluding tert-OH is 1. The number of likely N-dealkylation sites (N-methyl/N-ethyl adjacent to an activating group) is 1. The lowest BCUT2D eigenvalue weighted by Gasteiger charge is -2.27. The van der Waals surface area contributed by atoms with E-state index in [2.05, 4.69) is 10.4 Å². The molecule has 0 bridgehead atoms. The molecule has 1 fully saturated rings. The largest absolute Gasteiger partial charge is 0.391 e. The first-order chi connectivity index (χ1) is 12.4. The van der Waals surface area contributed by atoms with Crippen LogP contribution in [0.4, 0.5) is 0 Å². The fraction of sp³-hybridized carbons (Fsp3) is 0.500. The van der Waals surface area contributed by atoms with E-state index < -0.39 is 6.10 Å². The zero-order valence-corrected chi connectivity index (χ0v) is 15.9. The van der Waals surface area contributed by atoms with E-state index in [1.54, 1.807) is 4.90 Å². The number of carbonyl (C=O) groups is 1. The summed E-state index contributed by atoms with van der Waals surface area (Å²) in [6.45, 7) is 4.48. The quantitative estimate of drug-likeness (QED) is 0.823. The van der Waals surface area contributed by atoms with Gasteiger partial charge in [-0.25, -0.2) is 0 Å². The first kappa shape index (κ1) is 18.6. The Kier molecular flexibility index (Phi) is 5.44. The maximum atomic E-state index is 12.3. The van der Waals surface area contributed by atoms with Crippen LogP contribution < -0.4 is 5.32 Å². The van der Waals surface area contributed by atoms with Crippen molar-refractivity contribution in [1.82, 2.24) is 20.0 Å². The number of hydrogen-bond donors (Lipinski definition) is 2. The Morgan fingerprint density at radius 1 is 1.27 bits per heavy atom. The molecule has 1 saturated heterocycles. The number of rotatable bonds is 6. The molecule has 1 amide bonds. The average molecular weight is 356 g/mol. The Morgan fingerprint density at radius 3 is 2.58 bits per heavy atom. The molecule has 0 saturated carbocycles. The number of aryl methyl sites for hydroxylation is 2. The monoisotopic (exact) mass is 356 g/mol. The van der Waals surface area contributed by atoms with E-state index in [1.807, 2.05) is 63.0 Å². The smallest absolute Gasteiger partial charge is 0.224 e. The second-order valence-electron chi connectivity index (χ2n) is 7.22. The Balaban J connectivity index is 1.70. The van der Waals surface area contributed by atoms with Crippen molar-refractivity contribution in [2.75, 3.05) is 13.6 Å². The van der Waals surface area contributed by atoms with Gasteiger partial charge in [0.05, 0.1) is 17.8 Å². The summed E-state index contributed by atoms with van der Waals surface area (Å²) in [7, 11) is 3.77. The molecule has 1 aliphatic rings. The molecule has 2 heterocycles. The lowest BCUT2D eigenvalue weighted by Crippen LogP contribution is -2.40. The minimum Gasteiger partial charge on any atom is -0.391 e. The van der Waals surface area contributed by atoms with Crippen molar-refractivity contribution in [2.24, 2.45) is 7.05 Å². The fourth-order valence-electron chi connectivity index (χ4n) is 3.91. The summed E-state index contributed by atoms with van der Waals surface area (Å²) in [5, 5.41) is 18.3. The van der Waals surface area contributed by atoms with Gasteiger partial charge in [0, 0.05) is 44.4 Å². The number of nitrogens with zero attached hydrogens (tertiary/aromatic N) is 3. The van der Waals surface area contributed by atoms with Crippen molar-refractivity contribution < 1.29 is 9.90 Å². The molecule has 2 N–H and O–H groups in total. The first-order valence-corrected chi connectivity index (χ1v) is 9.09. The highest BCUT2D eigenvalue weighted by molar-refractivity contribution is 5.80. The molecule has 2 aromatic rings. The van der Waals surface area contributed by atoms with Crippen LogP contribution in [0.15, 0.2) is 30.3 Å². The second-order valence-corrected chi connectivity index (χ2v) is 7.22. The molecule has 6 nitrogen and oxygen atoms in total. The zero-order valence-electron chi connectivity index (χ0n) is 15.9. The predicted molar refractivity (Wildman–Crippen MR) is 101 cm³/mol. The average Bonchev–Trinajstić information content (AvgIpc) is 3.02. The molecule has 0 spiro atoms. The molecule has 6 heteroatoms. The van der Waals surface area contributed by atoms with Gasteiger partial charge in [-0.2, -0.15) is 5.10 Å². The van der Waals surface area contributed by atoms with Crippen molar-refractivity contribution >= 4 is 5.91 Å². The van der Waals surface area contributed by atoms with E-state index in [0.717, 1.165) is 22.5 Å². The fourth-order valence-corrected chi connectivity index (χ4v) is 3.91. The van der Waals surface area contributed by atoms with Gasteiger partial charge in [-0.15, -0.1) is 0 Å². The van der Waals surface area contributed by atoms with Gasteiger partial charge in [0.2, 0.25) is 5.91 Å². The van der Waals surface area contributed by atoms with Crippen LogP contribution in [0.3, 0.4) is 0 Å². The van der Waals surface area contributed by atoms with Crippen molar-refractivity contribution in [3.8, 4) is 0 Å². The summed E-state index contributed by atoms with van der Waals surface area (Å²) in [4.78, 5) is 14.1. The number of hydrogen-bond acceptors (Lipinski definition) is 4. The Labute approximate surface area is 154 Å². The molecule has 1 aliphatic heterocycles. The molecule has 3 atom stereocenters. The van der Waals surface area contributed by atoms with Crippen molar-refractivity contribution in [3.63, 3.8) is 0 Å². The topological polar surface area (TPSA) is 70.4 Å². The lowest BCUT2D eigenvalue weighted by atomic mass is 9.98. The third kappa shape index (κ3) is 3.66. The molecule has 1 aromatic heterocycles. The SMILES string of the molecule is Cc1nn(C)c(C)c1[C@H]1[C@H](NC[C@H](O)Cc2ccccc2)CC(=O)N1C.